The van der Waals surface area contributed by atoms with Crippen LogP contribution in [0.2, 0.25) is 10.0 Å². The number of likely N-dealkylation sites (N-methyl/N-ethyl adjacent to an activating group) is 1. The Hall–Kier alpha value is -10.7. The molecule has 18 nitrogen and oxygen atoms in total. The summed E-state index contributed by atoms with van der Waals surface area (Å²) in [7, 11) is 0. The van der Waals surface area contributed by atoms with Gasteiger partial charge in [0.15, 0.2) is 5.88 Å². The predicted molar refractivity (Wildman–Crippen MR) is 388 cm³/mol. The van der Waals surface area contributed by atoms with E-state index in [0.29, 0.717) is 74.7 Å². The molecule has 0 aliphatic carbocycles. The second-order valence-electron chi connectivity index (χ2n) is 24.3. The molecule has 7 heterocycles. The van der Waals surface area contributed by atoms with Crippen molar-refractivity contribution in [1.82, 2.24) is 14.8 Å². The van der Waals surface area contributed by atoms with Crippen LogP contribution in [0.4, 0.5) is 37.6 Å². The maximum absolute atomic E-state index is 13.4. The fourth-order valence-corrected chi connectivity index (χ4v) is 13.0. The van der Waals surface area contributed by atoms with E-state index in [1.54, 1.807) is 54.7 Å². The summed E-state index contributed by atoms with van der Waals surface area (Å²) >= 11 is 12.1. The quantitative estimate of drug-likeness (QED) is 0.0232. The van der Waals surface area contributed by atoms with E-state index in [4.69, 9.17) is 53.0 Å². The molecule has 1 saturated heterocycles. The third-order valence-corrected chi connectivity index (χ3v) is 18.3. The summed E-state index contributed by atoms with van der Waals surface area (Å²) in [4.78, 5) is 60.2. The van der Waals surface area contributed by atoms with E-state index in [1.165, 1.54) is 56.1 Å². The number of amides is 3. The molecule has 99 heavy (non-hydrogen) atoms. The first kappa shape index (κ1) is 68.2. The Morgan fingerprint density at radius 2 is 1.41 bits per heavy atom. The van der Waals surface area contributed by atoms with Gasteiger partial charge in [0.1, 0.15) is 36.3 Å². The molecule has 21 heteroatoms. The molecule has 6 aliphatic rings. The fourth-order valence-electron chi connectivity index (χ4n) is 12.7. The van der Waals surface area contributed by atoms with Crippen LogP contribution < -0.4 is 26.4 Å². The van der Waals surface area contributed by atoms with E-state index in [9.17, 15) is 28.7 Å². The number of ether oxygens (including phenoxy) is 4. The lowest BCUT2D eigenvalue weighted by Gasteiger charge is -2.26. The van der Waals surface area contributed by atoms with Crippen molar-refractivity contribution >= 4 is 121 Å². The summed E-state index contributed by atoms with van der Waals surface area (Å²) < 4.78 is 35.3. The Labute approximate surface area is 582 Å². The zero-order chi connectivity index (χ0) is 69.3. The molecular formula is C78H73Cl2FN8O10. The molecule has 0 saturated carbocycles. The predicted octanol–water partition coefficient (Wildman–Crippen LogP) is 16.2. The zero-order valence-corrected chi connectivity index (χ0v) is 56.2. The van der Waals surface area contributed by atoms with Crippen molar-refractivity contribution in [3.8, 4) is 11.6 Å². The number of benzene rings is 8. The number of aryl methyl sites for hydroxylation is 1. The Balaban J connectivity index is 0.000000126. The topological polar surface area (TPSA) is 242 Å². The van der Waals surface area contributed by atoms with Gasteiger partial charge in [0.05, 0.1) is 28.1 Å². The molecular weight excluding hydrogens is 1300 g/mol. The normalized spacial score (nSPS) is 17.3. The van der Waals surface area contributed by atoms with Crippen LogP contribution in [-0.2, 0) is 48.0 Å². The maximum atomic E-state index is 13.4. The van der Waals surface area contributed by atoms with E-state index in [0.717, 1.165) is 105 Å². The molecule has 1 fully saturated rings. The number of halogens is 3. The van der Waals surface area contributed by atoms with E-state index < -0.39 is 24.2 Å². The summed E-state index contributed by atoms with van der Waals surface area (Å²) in [5.41, 5.74) is 21.0. The number of anilines is 4. The number of carboxylic acid groups (broad SMARTS) is 1. The van der Waals surface area contributed by atoms with E-state index in [1.807, 2.05) is 85.8 Å². The first-order valence-corrected chi connectivity index (χ1v) is 33.5. The standard InChI is InChI=1S/C23H27N3O.C22H25ClN2O2.C17H10FNO5.C16H11ClN2O2/c1-17-6-5-7-21-22(17)20(23(27)25-21)16-24-19-10-8-18(9-11-19)12-15-26-13-3-2-4-14-26;1-3-25(4-2)13-14-27-18-9-5-16(6-10-18)7-11-19-20-15-17(23)8-12-21(20)24-22(19)26;18-8-5-6-11-12(7-8)19-15(20)13(11)14-9-3-1-2-4-10(9)16(23-14)24-17(21)22;17-9-2-4-13-12(5-9)14(16(20)19-13)15-11-6-10(18)3-1-8(11)7-21-15/h5-11,16,25,27H,2-4,12-15H2,1H3;5-6,8-12,15H,3-4,7,13-14H2,1-2H3,(H,24,26);1-7,16H,(H,19,20)(H,21,22);1-6H,7,18H2,(H,19,20)/b;;14-13+;15-14+. The number of nitrogens with two attached hydrogens (primary N) is 1. The van der Waals surface area contributed by atoms with Gasteiger partial charge in [-0.2, -0.15) is 0 Å². The van der Waals surface area contributed by atoms with Gasteiger partial charge in [0.2, 0.25) is 0 Å². The molecule has 15 rings (SSSR count). The lowest BCUT2D eigenvalue weighted by molar-refractivity contribution is -0.111. The number of nitrogens with one attached hydrogen (secondary N) is 4. The highest BCUT2D eigenvalue weighted by molar-refractivity contribution is 6.38. The number of H-pyrrole nitrogens is 1. The Morgan fingerprint density at radius 3 is 2.15 bits per heavy atom. The van der Waals surface area contributed by atoms with Gasteiger partial charge in [-0.3, -0.25) is 19.4 Å². The lowest BCUT2D eigenvalue weighted by Crippen LogP contribution is -2.31. The summed E-state index contributed by atoms with van der Waals surface area (Å²) in [5, 5.41) is 29.6. The number of allylic oxidation sites excluding steroid dienone is 1. The monoisotopic (exact) mass is 1370 g/mol. The number of fused-ring (bicyclic) bond motifs is 6. The molecule has 1 unspecified atom stereocenters. The number of hydrogen-bond acceptors (Lipinski definition) is 13. The second kappa shape index (κ2) is 30.8. The summed E-state index contributed by atoms with van der Waals surface area (Å²) in [6.07, 6.45) is 6.90. The summed E-state index contributed by atoms with van der Waals surface area (Å²) in [5.74, 6) is 0.628. The van der Waals surface area contributed by atoms with E-state index >= 15 is 0 Å². The van der Waals surface area contributed by atoms with Crippen molar-refractivity contribution in [2.75, 3.05) is 67.6 Å². The number of carbonyl (C=O) groups is 4. The molecule has 8 N–H and O–H groups in total. The van der Waals surface area contributed by atoms with E-state index in [2.05, 4.69) is 73.8 Å². The van der Waals surface area contributed by atoms with Crippen LogP contribution >= 0.6 is 23.2 Å². The molecule has 1 atom stereocenters. The maximum Gasteiger partial charge on any atom is 0.509 e. The van der Waals surface area contributed by atoms with Gasteiger partial charge in [-0.15, -0.1) is 0 Å². The minimum absolute atomic E-state index is 0.0800. The Morgan fingerprint density at radius 1 is 0.727 bits per heavy atom. The van der Waals surface area contributed by atoms with Crippen LogP contribution in [0.25, 0.3) is 39.1 Å². The highest BCUT2D eigenvalue weighted by Crippen LogP contribution is 2.47. The molecule has 1 aromatic heterocycles. The van der Waals surface area contributed by atoms with Gasteiger partial charge in [0.25, 0.3) is 24.0 Å². The van der Waals surface area contributed by atoms with Crippen LogP contribution in [0.15, 0.2) is 175 Å². The van der Waals surface area contributed by atoms with Gasteiger partial charge in [-0.05, 0) is 173 Å². The second-order valence-corrected chi connectivity index (χ2v) is 25.1. The smallest absolute Gasteiger partial charge is 0.494 e. The Kier molecular flexibility index (Phi) is 21.2. The molecule has 0 radical (unpaired) electrons. The number of likely N-dealkylation sites (tertiary alicyclic amines) is 1. The number of hydrogen-bond donors (Lipinski definition) is 7. The van der Waals surface area contributed by atoms with Crippen LogP contribution in [0.3, 0.4) is 0 Å². The van der Waals surface area contributed by atoms with Crippen LogP contribution in [0.5, 0.6) is 11.6 Å². The van der Waals surface area contributed by atoms with Crippen molar-refractivity contribution in [2.45, 2.75) is 65.8 Å². The van der Waals surface area contributed by atoms with Gasteiger partial charge >= 0.3 is 6.16 Å². The molecule has 6 aliphatic heterocycles. The lowest BCUT2D eigenvalue weighted by atomic mass is 10.0. The number of nitrogens with zero attached hydrogens (tertiary/aromatic N) is 3. The number of aromatic amines is 1. The summed E-state index contributed by atoms with van der Waals surface area (Å²) in [6, 6.07) is 49.6. The molecule has 3 amide bonds. The molecule has 0 spiro atoms. The number of aromatic nitrogens is 1. The fraction of sp³-hybridized carbons (Fsp3) is 0.218. The van der Waals surface area contributed by atoms with Crippen molar-refractivity contribution < 1.29 is 52.7 Å². The first-order valence-electron chi connectivity index (χ1n) is 32.8. The highest BCUT2D eigenvalue weighted by atomic mass is 35.5. The molecule has 9 aromatic rings. The SMILES string of the molecule is CCN(CC)CCOc1ccc(CC=C2C(=O)Nc3ccc(Cl)cc32)cc1.Cc1cccc2[nH]c(O)c(C=Nc3ccc(CCN4CCCCC4)cc3)c12.Nc1ccc2c(c1)/C(=C1\C(=O)Nc3ccc(Cl)cc31)OC2.O=C(O)OC1O/C(=C2/C(=O)Nc3cc(F)ccc32)c2ccccc21. The molecule has 0 bridgehead atoms. The molecule has 8 aromatic carbocycles. The molecule has 506 valence electrons. The van der Waals surface area contributed by atoms with E-state index in [-0.39, 0.29) is 29.0 Å². The minimum atomic E-state index is -1.49. The third kappa shape index (κ3) is 15.8. The Bertz CT molecular complexity index is 4690. The number of piperidine rings is 1. The van der Waals surface area contributed by atoms with Gasteiger partial charge in [0, 0.05) is 102 Å². The average molecular weight is 1370 g/mol. The average Bonchev–Trinajstić information content (AvgIpc) is 1.62. The van der Waals surface area contributed by atoms with Gasteiger partial charge < -0.3 is 65.6 Å². The van der Waals surface area contributed by atoms with Gasteiger partial charge in [-0.1, -0.05) is 116 Å². The number of rotatable bonds is 14. The zero-order valence-electron chi connectivity index (χ0n) is 54.7. The van der Waals surface area contributed by atoms with Crippen molar-refractivity contribution in [1.29, 1.82) is 0 Å². The van der Waals surface area contributed by atoms with Crippen LogP contribution in [0.1, 0.15) is 101 Å². The number of nitrogen functional groups attached to an aromatic ring is 1. The van der Waals surface area contributed by atoms with Crippen LogP contribution in [-0.4, -0.2) is 101 Å². The third-order valence-electron chi connectivity index (χ3n) is 17.8. The van der Waals surface area contributed by atoms with Crippen LogP contribution in [0, 0.1) is 12.7 Å². The first-order chi connectivity index (χ1) is 48.0. The minimum Gasteiger partial charge on any atom is -0.494 e. The number of carbonyl (C=O) groups excluding carboxylic acids is 3. The van der Waals surface area contributed by atoms with Crippen molar-refractivity contribution in [3.05, 3.63) is 247 Å². The number of aromatic hydroxyl groups is 1. The highest BCUT2D eigenvalue weighted by Gasteiger charge is 2.38. The van der Waals surface area contributed by atoms with Crippen molar-refractivity contribution in [3.63, 3.8) is 0 Å². The van der Waals surface area contributed by atoms with Gasteiger partial charge in [-0.25, -0.2) is 9.18 Å². The summed E-state index contributed by atoms with van der Waals surface area (Å²) in [6.45, 7) is 14.1. The largest absolute Gasteiger partial charge is 0.509 e. The van der Waals surface area contributed by atoms with Crippen molar-refractivity contribution in [2.24, 2.45) is 4.99 Å². The number of aliphatic imine (C=N–C) groups is 1.